The maximum Gasteiger partial charge on any atom is 0.0487 e. The Labute approximate surface area is 519 Å². The molecule has 14 aromatic carbocycles. The first-order chi connectivity index (χ1) is 43.4. The zero-order chi connectivity index (χ0) is 59.9. The van der Waals surface area contributed by atoms with Gasteiger partial charge in [-0.1, -0.05) is 291 Å². The maximum absolute atomic E-state index is 2.28. The summed E-state index contributed by atoms with van der Waals surface area (Å²) in [4.78, 5) is 6.76. The highest BCUT2D eigenvalue weighted by Crippen LogP contribution is 2.38. The zero-order valence-electron chi connectivity index (χ0n) is 50.0. The van der Waals surface area contributed by atoms with E-state index in [1.54, 1.807) is 0 Å². The van der Waals surface area contributed by atoms with E-state index in [0.717, 1.165) is 11.4 Å². The molecule has 0 unspecified atom stereocenters. The molecule has 14 aromatic rings. The van der Waals surface area contributed by atoms with Crippen LogP contribution in [0.4, 0.5) is 34.1 Å². The number of fused-ring (bicyclic) bond motifs is 1. The largest absolute Gasteiger partial charge is 0.345 e. The van der Waals surface area contributed by atoms with Crippen molar-refractivity contribution in [2.45, 2.75) is 0 Å². The molecule has 0 aliphatic rings. The molecule has 0 aromatic heterocycles. The van der Waals surface area contributed by atoms with E-state index in [1.807, 2.05) is 6.07 Å². The third-order valence-corrected chi connectivity index (χ3v) is 16.2. The van der Waals surface area contributed by atoms with Crippen LogP contribution in [-0.4, -0.2) is 21.1 Å². The molecule has 0 fully saturated rings. The highest BCUT2D eigenvalue weighted by Gasteiger charge is 2.14. The van der Waals surface area contributed by atoms with E-state index >= 15 is 0 Å². The molecule has 0 amide bonds. The van der Waals surface area contributed by atoms with Gasteiger partial charge < -0.3 is 14.7 Å². The fraction of sp³-hybridized carbons (Fsp3) is 0.0353. The van der Waals surface area contributed by atoms with Gasteiger partial charge in [0.25, 0.3) is 0 Å². The van der Waals surface area contributed by atoms with E-state index in [4.69, 9.17) is 0 Å². The summed E-state index contributed by atoms with van der Waals surface area (Å²) in [7, 11) is 6.39. The van der Waals surface area contributed by atoms with Gasteiger partial charge in [0.05, 0.1) is 0 Å². The summed E-state index contributed by atoms with van der Waals surface area (Å²) in [6, 6.07) is 129. The molecule has 0 spiro atoms. The summed E-state index contributed by atoms with van der Waals surface area (Å²) < 4.78 is 0. The van der Waals surface area contributed by atoms with Crippen LogP contribution in [0.5, 0.6) is 0 Å². The average Bonchev–Trinajstić information content (AvgIpc) is 3.51. The molecule has 14 rings (SSSR count). The van der Waals surface area contributed by atoms with E-state index in [9.17, 15) is 0 Å². The highest BCUT2D eigenvalue weighted by atomic mass is 15.1. The smallest absolute Gasteiger partial charge is 0.0487 e. The van der Waals surface area contributed by atoms with Crippen LogP contribution in [0.25, 0.3) is 88.7 Å². The maximum atomic E-state index is 2.28. The van der Waals surface area contributed by atoms with Gasteiger partial charge in [0.15, 0.2) is 0 Å². The van der Waals surface area contributed by atoms with Crippen molar-refractivity contribution in [3.8, 4) is 77.9 Å². The first-order valence-electron chi connectivity index (χ1n) is 30.1. The van der Waals surface area contributed by atoms with Crippen molar-refractivity contribution in [3.05, 3.63) is 364 Å². The Morgan fingerprint density at radius 2 is 0.420 bits per heavy atom. The molecule has 0 saturated carbocycles. The molecule has 3 nitrogen and oxygen atoms in total. The van der Waals surface area contributed by atoms with Crippen molar-refractivity contribution in [1.82, 2.24) is 0 Å². The topological polar surface area (TPSA) is 9.72 Å². The van der Waals surface area contributed by atoms with Crippen LogP contribution < -0.4 is 14.7 Å². The molecule has 0 aliphatic heterocycles. The number of benzene rings is 14. The molecule has 88 heavy (non-hydrogen) atoms. The van der Waals surface area contributed by atoms with Crippen LogP contribution in [-0.2, 0) is 0 Å². The second-order valence-electron chi connectivity index (χ2n) is 21.9. The summed E-state index contributed by atoms with van der Waals surface area (Å²) in [5.74, 6) is 0. The molecule has 3 heteroatoms. The van der Waals surface area contributed by atoms with E-state index in [-0.39, 0.29) is 0 Å². The van der Waals surface area contributed by atoms with E-state index in [2.05, 4.69) is 394 Å². The van der Waals surface area contributed by atoms with Gasteiger partial charge in [0.1, 0.15) is 0 Å². The summed E-state index contributed by atoms with van der Waals surface area (Å²) in [6.07, 6.45) is 0. The molecule has 0 radical (unpaired) electrons. The molecule has 0 N–H and O–H groups in total. The zero-order valence-corrected chi connectivity index (χ0v) is 50.0. The molecule has 0 heterocycles. The van der Waals surface area contributed by atoms with E-state index in [0.29, 0.717) is 0 Å². The number of hydrogen-bond donors (Lipinski definition) is 0. The van der Waals surface area contributed by atoms with Gasteiger partial charge in [-0.3, -0.25) is 0 Å². The summed E-state index contributed by atoms with van der Waals surface area (Å²) in [5.41, 5.74) is 24.3. The predicted molar refractivity (Wildman–Crippen MR) is 378 cm³/mol. The van der Waals surface area contributed by atoms with Gasteiger partial charge in [-0.25, -0.2) is 0 Å². The van der Waals surface area contributed by atoms with Crippen LogP contribution in [0, 0.1) is 0 Å². The Bertz CT molecular complexity index is 4430. The summed E-state index contributed by atoms with van der Waals surface area (Å²) >= 11 is 0. The standard InChI is InChI=1S/2C31H25N.C23H19N/c1-32(30-19-11-18-27(21-30)24-12-5-2-6-13-24)31-22-28(25-14-7-3-8-15-25)20-29(23-31)26-16-9-4-10-17-26;1-32(31-14-8-13-29(23-31)25-11-6-3-7-12-25)30-21-19-28(20-22-30)27-17-15-26(16-18-27)24-9-4-2-5-10-24;1-24(23-16-8-12-19-11-5-6-15-22(19)23)21-14-7-13-20(17-21)18-9-3-2-4-10-18/h2*2-23H,1H3;2-17H,1H3. The van der Waals surface area contributed by atoms with Gasteiger partial charge in [0, 0.05) is 60.7 Å². The van der Waals surface area contributed by atoms with Gasteiger partial charge in [-0.15, -0.1) is 0 Å². The fourth-order valence-corrected chi connectivity index (χ4v) is 11.3. The molecule has 0 atom stereocenters. The van der Waals surface area contributed by atoms with Crippen molar-refractivity contribution in [1.29, 1.82) is 0 Å². The number of nitrogens with zero attached hydrogens (tertiary/aromatic N) is 3. The minimum atomic E-state index is 1.16. The van der Waals surface area contributed by atoms with E-state index < -0.39 is 0 Å². The SMILES string of the molecule is CN(c1ccc(-c2ccc(-c3ccccc3)cc2)cc1)c1cccc(-c2ccccc2)c1.CN(c1cccc(-c2ccccc2)c1)c1cc(-c2ccccc2)cc(-c2ccccc2)c1.CN(c1cccc(-c2ccccc2)c1)c1cccc2ccccc12. The number of rotatable bonds is 13. The minimum absolute atomic E-state index is 1.16. The highest BCUT2D eigenvalue weighted by molar-refractivity contribution is 5.96. The van der Waals surface area contributed by atoms with Crippen molar-refractivity contribution in [2.75, 3.05) is 35.8 Å². The molecular formula is C85H69N3. The van der Waals surface area contributed by atoms with Gasteiger partial charge in [-0.2, -0.15) is 0 Å². The number of hydrogen-bond acceptors (Lipinski definition) is 3. The minimum Gasteiger partial charge on any atom is -0.345 e. The van der Waals surface area contributed by atoms with Crippen LogP contribution >= 0.6 is 0 Å². The van der Waals surface area contributed by atoms with Crippen LogP contribution in [0.1, 0.15) is 0 Å². The first kappa shape index (κ1) is 57.2. The third kappa shape index (κ3) is 13.8. The number of anilines is 6. The van der Waals surface area contributed by atoms with Crippen molar-refractivity contribution >= 4 is 44.9 Å². The van der Waals surface area contributed by atoms with Crippen molar-refractivity contribution in [2.24, 2.45) is 0 Å². The molecule has 424 valence electrons. The Kier molecular flexibility index (Phi) is 18.0. The first-order valence-corrected chi connectivity index (χ1v) is 30.1. The fourth-order valence-electron chi connectivity index (χ4n) is 11.3. The Balaban J connectivity index is 0.000000130. The molecular weight excluding hydrogens is 1060 g/mol. The van der Waals surface area contributed by atoms with Crippen LogP contribution in [0.3, 0.4) is 0 Å². The Morgan fingerprint density at radius 1 is 0.159 bits per heavy atom. The lowest BCUT2D eigenvalue weighted by Crippen LogP contribution is -2.09. The van der Waals surface area contributed by atoms with Crippen molar-refractivity contribution < 1.29 is 0 Å². The predicted octanol–water partition coefficient (Wildman–Crippen LogP) is 23.2. The normalized spacial score (nSPS) is 10.7. The van der Waals surface area contributed by atoms with Gasteiger partial charge in [0.2, 0.25) is 0 Å². The Morgan fingerprint density at radius 3 is 0.818 bits per heavy atom. The lowest BCUT2D eigenvalue weighted by molar-refractivity contribution is 1.21. The van der Waals surface area contributed by atoms with Crippen LogP contribution in [0.2, 0.25) is 0 Å². The second-order valence-corrected chi connectivity index (χ2v) is 21.9. The van der Waals surface area contributed by atoms with Crippen molar-refractivity contribution in [3.63, 3.8) is 0 Å². The monoisotopic (exact) mass is 1130 g/mol. The van der Waals surface area contributed by atoms with Crippen LogP contribution in [0.15, 0.2) is 364 Å². The molecule has 0 saturated heterocycles. The van der Waals surface area contributed by atoms with Gasteiger partial charge in [-0.05, 0) is 156 Å². The summed E-state index contributed by atoms with van der Waals surface area (Å²) in [6.45, 7) is 0. The summed E-state index contributed by atoms with van der Waals surface area (Å²) in [5, 5.41) is 2.54. The lowest BCUT2D eigenvalue weighted by Gasteiger charge is -2.22. The second kappa shape index (κ2) is 27.6. The molecule has 0 aliphatic carbocycles. The quantitative estimate of drug-likeness (QED) is 0.114. The Hall–Kier alpha value is -11.3. The lowest BCUT2D eigenvalue weighted by atomic mass is 9.97. The average molecular weight is 1130 g/mol. The van der Waals surface area contributed by atoms with Gasteiger partial charge >= 0.3 is 0 Å². The molecule has 0 bridgehead atoms. The van der Waals surface area contributed by atoms with E-state index in [1.165, 1.54) is 111 Å². The third-order valence-electron chi connectivity index (χ3n) is 16.2.